The Balaban J connectivity index is 1.52. The highest BCUT2D eigenvalue weighted by molar-refractivity contribution is 6.30. The van der Waals surface area contributed by atoms with Gasteiger partial charge >= 0.3 is 0 Å². The van der Waals surface area contributed by atoms with E-state index in [4.69, 9.17) is 11.6 Å². The number of nitrogens with zero attached hydrogens (tertiary/aromatic N) is 4. The number of para-hydroxylation sites is 1. The second-order valence-electron chi connectivity index (χ2n) is 8.16. The first-order chi connectivity index (χ1) is 18.0. The standard InChI is InChI=1S/C28H19ClN6O2/c29-21-9-6-10-22(14-21)31-25(36)17-35-16-20(26(34-35)18-7-2-1-3-8-18)13-19(15-30)27-32-24-12-5-4-11-23(24)28(37)33-27/h1-14,16H,17H2,(H,31,36)(H,32,33,37). The number of aromatic nitrogens is 4. The molecule has 2 aromatic heterocycles. The number of halogens is 1. The number of anilines is 1. The summed E-state index contributed by atoms with van der Waals surface area (Å²) in [7, 11) is 0. The molecule has 9 heteroatoms. The Kier molecular flexibility index (Phi) is 6.62. The predicted molar refractivity (Wildman–Crippen MR) is 144 cm³/mol. The minimum absolute atomic E-state index is 0.0624. The van der Waals surface area contributed by atoms with E-state index in [1.807, 2.05) is 30.3 Å². The topological polar surface area (TPSA) is 116 Å². The highest BCUT2D eigenvalue weighted by Gasteiger charge is 2.15. The Morgan fingerprint density at radius 3 is 2.65 bits per heavy atom. The quantitative estimate of drug-likeness (QED) is 0.309. The van der Waals surface area contributed by atoms with Gasteiger partial charge in [-0.05, 0) is 36.4 Å². The van der Waals surface area contributed by atoms with Crippen molar-refractivity contribution in [3.05, 3.63) is 112 Å². The van der Waals surface area contributed by atoms with Crippen molar-refractivity contribution in [3.8, 4) is 17.3 Å². The lowest BCUT2D eigenvalue weighted by molar-refractivity contribution is -0.116. The Morgan fingerprint density at radius 1 is 1.08 bits per heavy atom. The van der Waals surface area contributed by atoms with E-state index < -0.39 is 0 Å². The van der Waals surface area contributed by atoms with Crippen molar-refractivity contribution in [1.29, 1.82) is 5.26 Å². The smallest absolute Gasteiger partial charge is 0.259 e. The number of allylic oxidation sites excluding steroid dienone is 1. The van der Waals surface area contributed by atoms with Gasteiger partial charge < -0.3 is 10.3 Å². The summed E-state index contributed by atoms with van der Waals surface area (Å²) in [6, 6.07) is 25.3. The fourth-order valence-corrected chi connectivity index (χ4v) is 4.07. The number of nitrogens with one attached hydrogen (secondary N) is 2. The number of benzene rings is 3. The van der Waals surface area contributed by atoms with Gasteiger partial charge in [0.1, 0.15) is 12.6 Å². The lowest BCUT2D eigenvalue weighted by atomic mass is 10.1. The van der Waals surface area contributed by atoms with Crippen LogP contribution in [0, 0.1) is 11.3 Å². The average molecular weight is 507 g/mol. The van der Waals surface area contributed by atoms with E-state index in [2.05, 4.69) is 26.5 Å². The number of H-pyrrole nitrogens is 1. The number of nitriles is 1. The molecule has 5 rings (SSSR count). The van der Waals surface area contributed by atoms with Gasteiger partial charge in [-0.2, -0.15) is 10.4 Å². The maximum absolute atomic E-state index is 12.7. The number of hydrogen-bond donors (Lipinski definition) is 2. The largest absolute Gasteiger partial charge is 0.324 e. The highest BCUT2D eigenvalue weighted by atomic mass is 35.5. The number of amides is 1. The van der Waals surface area contributed by atoms with Crippen LogP contribution < -0.4 is 10.9 Å². The molecule has 0 aliphatic carbocycles. The van der Waals surface area contributed by atoms with Crippen molar-refractivity contribution in [1.82, 2.24) is 19.7 Å². The summed E-state index contributed by atoms with van der Waals surface area (Å²) < 4.78 is 1.50. The third-order valence-corrected chi connectivity index (χ3v) is 5.77. The second kappa shape index (κ2) is 10.3. The zero-order valence-electron chi connectivity index (χ0n) is 19.4. The fourth-order valence-electron chi connectivity index (χ4n) is 3.88. The molecular formula is C28H19ClN6O2. The van der Waals surface area contributed by atoms with E-state index >= 15 is 0 Å². The number of aromatic amines is 1. The summed E-state index contributed by atoms with van der Waals surface area (Å²) in [5.74, 6) is -0.141. The summed E-state index contributed by atoms with van der Waals surface area (Å²) >= 11 is 6.01. The second-order valence-corrected chi connectivity index (χ2v) is 8.59. The number of fused-ring (bicyclic) bond motifs is 1. The van der Waals surface area contributed by atoms with E-state index in [1.54, 1.807) is 60.8 Å². The van der Waals surface area contributed by atoms with E-state index in [0.717, 1.165) is 5.56 Å². The number of rotatable bonds is 6. The molecule has 0 fully saturated rings. The number of carbonyl (C=O) groups is 1. The lowest BCUT2D eigenvalue weighted by Gasteiger charge is -2.05. The van der Waals surface area contributed by atoms with Gasteiger partial charge in [-0.25, -0.2) is 4.98 Å². The van der Waals surface area contributed by atoms with Gasteiger partial charge in [-0.15, -0.1) is 0 Å². The van der Waals surface area contributed by atoms with Crippen molar-refractivity contribution in [2.24, 2.45) is 0 Å². The summed E-state index contributed by atoms with van der Waals surface area (Å²) in [4.78, 5) is 32.4. The third kappa shape index (κ3) is 5.32. The van der Waals surface area contributed by atoms with Crippen molar-refractivity contribution in [2.75, 3.05) is 5.32 Å². The first kappa shape index (κ1) is 23.7. The SMILES string of the molecule is N#CC(=Cc1cn(CC(=O)Nc2cccc(Cl)c2)nc1-c1ccccc1)c1nc2ccccc2c(=O)[nH]1. The van der Waals surface area contributed by atoms with Gasteiger partial charge in [0.2, 0.25) is 5.91 Å². The first-order valence-electron chi connectivity index (χ1n) is 11.3. The molecule has 0 aliphatic heterocycles. The first-order valence-corrected chi connectivity index (χ1v) is 11.7. The molecule has 2 N–H and O–H groups in total. The zero-order chi connectivity index (χ0) is 25.8. The summed E-state index contributed by atoms with van der Waals surface area (Å²) in [5, 5.41) is 18.3. The maximum atomic E-state index is 12.7. The molecule has 0 atom stereocenters. The van der Waals surface area contributed by atoms with Gasteiger partial charge in [0.25, 0.3) is 5.56 Å². The molecule has 3 aromatic carbocycles. The Bertz CT molecular complexity index is 1750. The molecule has 0 saturated carbocycles. The minimum atomic E-state index is -0.335. The van der Waals surface area contributed by atoms with Crippen LogP contribution in [0.25, 0.3) is 33.8 Å². The third-order valence-electron chi connectivity index (χ3n) is 5.54. The van der Waals surface area contributed by atoms with Crippen molar-refractivity contribution >= 4 is 45.7 Å². The molecule has 0 radical (unpaired) electrons. The Morgan fingerprint density at radius 2 is 1.86 bits per heavy atom. The summed E-state index contributed by atoms with van der Waals surface area (Å²) in [6.45, 7) is -0.0624. The average Bonchev–Trinajstić information content (AvgIpc) is 3.29. The van der Waals surface area contributed by atoms with Crippen LogP contribution in [0.15, 0.2) is 89.9 Å². The fraction of sp³-hybridized carbons (Fsp3) is 0.0357. The van der Waals surface area contributed by atoms with Crippen LogP contribution in [0.1, 0.15) is 11.4 Å². The molecular weight excluding hydrogens is 488 g/mol. The highest BCUT2D eigenvalue weighted by Crippen LogP contribution is 2.26. The molecule has 8 nitrogen and oxygen atoms in total. The van der Waals surface area contributed by atoms with E-state index in [-0.39, 0.29) is 29.4 Å². The van der Waals surface area contributed by atoms with Crippen LogP contribution in [0.4, 0.5) is 5.69 Å². The Hall–Kier alpha value is -5.00. The van der Waals surface area contributed by atoms with Gasteiger partial charge in [-0.1, -0.05) is 60.1 Å². The zero-order valence-corrected chi connectivity index (χ0v) is 20.1. The van der Waals surface area contributed by atoms with Crippen LogP contribution in [0.5, 0.6) is 0 Å². The molecule has 0 spiro atoms. The van der Waals surface area contributed by atoms with Crippen LogP contribution in [0.3, 0.4) is 0 Å². The normalized spacial score (nSPS) is 11.3. The van der Waals surface area contributed by atoms with Gasteiger partial charge in [0.05, 0.1) is 22.2 Å². The van der Waals surface area contributed by atoms with Gasteiger partial charge in [0, 0.05) is 28.0 Å². The van der Waals surface area contributed by atoms with E-state index in [9.17, 15) is 14.9 Å². The summed E-state index contributed by atoms with van der Waals surface area (Å²) in [5.41, 5.74) is 2.85. The molecule has 0 aliphatic rings. The van der Waals surface area contributed by atoms with Gasteiger partial charge in [-0.3, -0.25) is 14.3 Å². The van der Waals surface area contributed by atoms with E-state index in [0.29, 0.717) is 32.9 Å². The molecule has 1 amide bonds. The van der Waals surface area contributed by atoms with Crippen molar-refractivity contribution < 1.29 is 4.79 Å². The van der Waals surface area contributed by atoms with Crippen molar-refractivity contribution in [3.63, 3.8) is 0 Å². The predicted octanol–water partition coefficient (Wildman–Crippen LogP) is 5.14. The molecule has 0 unspecified atom stereocenters. The van der Waals surface area contributed by atoms with Crippen LogP contribution in [-0.4, -0.2) is 25.7 Å². The van der Waals surface area contributed by atoms with Crippen molar-refractivity contribution in [2.45, 2.75) is 6.54 Å². The van der Waals surface area contributed by atoms with Crippen LogP contribution in [0.2, 0.25) is 5.02 Å². The van der Waals surface area contributed by atoms with Crippen LogP contribution >= 0.6 is 11.6 Å². The molecule has 5 aromatic rings. The molecule has 37 heavy (non-hydrogen) atoms. The summed E-state index contributed by atoms with van der Waals surface area (Å²) in [6.07, 6.45) is 3.28. The molecule has 0 bridgehead atoms. The van der Waals surface area contributed by atoms with Crippen LogP contribution in [-0.2, 0) is 11.3 Å². The maximum Gasteiger partial charge on any atom is 0.259 e. The molecule has 2 heterocycles. The molecule has 180 valence electrons. The number of carbonyl (C=O) groups excluding carboxylic acids is 1. The lowest BCUT2D eigenvalue weighted by Crippen LogP contribution is -2.19. The monoisotopic (exact) mass is 506 g/mol. The van der Waals surface area contributed by atoms with E-state index in [1.165, 1.54) is 4.68 Å². The Labute approximate surface area is 216 Å². The molecule has 0 saturated heterocycles. The number of hydrogen-bond acceptors (Lipinski definition) is 5. The minimum Gasteiger partial charge on any atom is -0.324 e. The van der Waals surface area contributed by atoms with Gasteiger partial charge in [0.15, 0.2) is 5.82 Å².